The molecule has 4 nitrogen and oxygen atoms in total. The Bertz CT molecular complexity index is 469. The molecule has 5 heteroatoms. The topological polar surface area (TPSA) is 41.7 Å². The summed E-state index contributed by atoms with van der Waals surface area (Å²) in [6.45, 7) is 3.38. The van der Waals surface area contributed by atoms with Gasteiger partial charge in [-0.05, 0) is 60.6 Å². The first-order valence-corrected chi connectivity index (χ1v) is 8.25. The van der Waals surface area contributed by atoms with Crippen molar-refractivity contribution in [3.63, 3.8) is 0 Å². The summed E-state index contributed by atoms with van der Waals surface area (Å²) in [5.41, 5.74) is 7.62. The van der Waals surface area contributed by atoms with E-state index in [2.05, 4.69) is 52.0 Å². The van der Waals surface area contributed by atoms with Crippen LogP contribution in [0.4, 0.5) is 0 Å². The lowest BCUT2D eigenvalue weighted by Crippen LogP contribution is -2.51. The lowest BCUT2D eigenvalue weighted by Gasteiger charge is -2.38. The van der Waals surface area contributed by atoms with Crippen LogP contribution in [0.1, 0.15) is 12.0 Å². The Kier molecular flexibility index (Phi) is 6.05. The molecular weight excluding hydrogens is 330 g/mol. The standard InChI is InChI=1S/C16H26BrN3O/c1-19-6-7-20(2)14(11-19)10-13(18)8-12-4-5-16(21-3)15(17)9-12/h4-5,9,13-14H,6-8,10-11,18H2,1-3H3. The van der Waals surface area contributed by atoms with Gasteiger partial charge in [0, 0.05) is 31.7 Å². The van der Waals surface area contributed by atoms with Crippen LogP contribution in [0.15, 0.2) is 22.7 Å². The van der Waals surface area contributed by atoms with Gasteiger partial charge in [0.25, 0.3) is 0 Å². The van der Waals surface area contributed by atoms with Gasteiger partial charge >= 0.3 is 0 Å². The van der Waals surface area contributed by atoms with Gasteiger partial charge in [-0.25, -0.2) is 0 Å². The van der Waals surface area contributed by atoms with Crippen molar-refractivity contribution in [2.75, 3.05) is 40.8 Å². The summed E-state index contributed by atoms with van der Waals surface area (Å²) in [4.78, 5) is 4.82. The highest BCUT2D eigenvalue weighted by Gasteiger charge is 2.24. The number of likely N-dealkylation sites (N-methyl/N-ethyl adjacent to an activating group) is 2. The van der Waals surface area contributed by atoms with Gasteiger partial charge in [-0.1, -0.05) is 6.07 Å². The van der Waals surface area contributed by atoms with E-state index in [0.29, 0.717) is 6.04 Å². The van der Waals surface area contributed by atoms with Crippen LogP contribution in [0.2, 0.25) is 0 Å². The molecule has 2 unspecified atom stereocenters. The van der Waals surface area contributed by atoms with Crippen molar-refractivity contribution in [2.24, 2.45) is 5.73 Å². The zero-order valence-electron chi connectivity index (χ0n) is 13.2. The molecule has 1 aromatic carbocycles. The molecule has 0 aromatic heterocycles. The highest BCUT2D eigenvalue weighted by Crippen LogP contribution is 2.26. The fraction of sp³-hybridized carbons (Fsp3) is 0.625. The lowest BCUT2D eigenvalue weighted by atomic mass is 9.98. The van der Waals surface area contributed by atoms with Crippen molar-refractivity contribution in [3.8, 4) is 5.75 Å². The highest BCUT2D eigenvalue weighted by atomic mass is 79.9. The maximum atomic E-state index is 6.37. The van der Waals surface area contributed by atoms with E-state index in [9.17, 15) is 0 Å². The Balaban J connectivity index is 1.91. The number of hydrogen-bond donors (Lipinski definition) is 1. The molecule has 0 bridgehead atoms. The van der Waals surface area contributed by atoms with Gasteiger partial charge in [0.2, 0.25) is 0 Å². The summed E-state index contributed by atoms with van der Waals surface area (Å²) in [6, 6.07) is 6.94. The SMILES string of the molecule is COc1ccc(CC(N)CC2CN(C)CCN2C)cc1Br. The number of ether oxygens (including phenoxy) is 1. The molecule has 21 heavy (non-hydrogen) atoms. The maximum absolute atomic E-state index is 6.37. The van der Waals surface area contributed by atoms with Crippen molar-refractivity contribution in [1.82, 2.24) is 9.80 Å². The minimum Gasteiger partial charge on any atom is -0.496 e. The molecule has 0 radical (unpaired) electrons. The Morgan fingerprint density at radius 2 is 2.14 bits per heavy atom. The molecule has 118 valence electrons. The van der Waals surface area contributed by atoms with Gasteiger partial charge in [0.1, 0.15) is 5.75 Å². The zero-order valence-corrected chi connectivity index (χ0v) is 14.8. The summed E-state index contributed by atoms with van der Waals surface area (Å²) in [5, 5.41) is 0. The van der Waals surface area contributed by atoms with Crippen LogP contribution < -0.4 is 10.5 Å². The number of nitrogens with two attached hydrogens (primary N) is 1. The third kappa shape index (κ3) is 4.68. The van der Waals surface area contributed by atoms with E-state index in [1.165, 1.54) is 5.56 Å². The van der Waals surface area contributed by atoms with Gasteiger partial charge in [-0.2, -0.15) is 0 Å². The van der Waals surface area contributed by atoms with Crippen molar-refractivity contribution in [2.45, 2.75) is 24.9 Å². The van der Waals surface area contributed by atoms with Crippen LogP contribution in [-0.4, -0.2) is 62.7 Å². The summed E-state index contributed by atoms with van der Waals surface area (Å²) in [6.07, 6.45) is 1.93. The van der Waals surface area contributed by atoms with Crippen LogP contribution in [0.25, 0.3) is 0 Å². The fourth-order valence-electron chi connectivity index (χ4n) is 2.93. The van der Waals surface area contributed by atoms with E-state index in [1.54, 1.807) is 7.11 Å². The average Bonchev–Trinajstić information content (AvgIpc) is 2.43. The van der Waals surface area contributed by atoms with E-state index in [1.807, 2.05) is 6.07 Å². The van der Waals surface area contributed by atoms with Crippen molar-refractivity contribution in [1.29, 1.82) is 0 Å². The molecule has 2 N–H and O–H groups in total. The Labute approximate surface area is 136 Å². The minimum absolute atomic E-state index is 0.184. The normalized spacial score (nSPS) is 22.2. The predicted molar refractivity (Wildman–Crippen MR) is 90.9 cm³/mol. The molecule has 0 spiro atoms. The molecule has 1 aromatic rings. The Morgan fingerprint density at radius 1 is 1.38 bits per heavy atom. The highest BCUT2D eigenvalue weighted by molar-refractivity contribution is 9.10. The second-order valence-electron chi connectivity index (χ2n) is 6.07. The number of nitrogens with zero attached hydrogens (tertiary/aromatic N) is 2. The molecule has 2 atom stereocenters. The van der Waals surface area contributed by atoms with Gasteiger partial charge in [-0.3, -0.25) is 0 Å². The molecule has 1 aliphatic heterocycles. The number of piperazine rings is 1. The number of rotatable bonds is 5. The summed E-state index contributed by atoms with van der Waals surface area (Å²) >= 11 is 3.53. The second-order valence-corrected chi connectivity index (χ2v) is 6.92. The third-order valence-electron chi connectivity index (χ3n) is 4.27. The van der Waals surface area contributed by atoms with E-state index >= 15 is 0 Å². The molecule has 1 fully saturated rings. The van der Waals surface area contributed by atoms with Crippen LogP contribution in [-0.2, 0) is 6.42 Å². The monoisotopic (exact) mass is 355 g/mol. The van der Waals surface area contributed by atoms with Gasteiger partial charge in [0.05, 0.1) is 11.6 Å². The zero-order chi connectivity index (χ0) is 15.4. The largest absolute Gasteiger partial charge is 0.496 e. The first-order chi connectivity index (χ1) is 9.99. The number of hydrogen-bond acceptors (Lipinski definition) is 4. The van der Waals surface area contributed by atoms with E-state index in [0.717, 1.165) is 42.7 Å². The maximum Gasteiger partial charge on any atom is 0.133 e. The van der Waals surface area contributed by atoms with Crippen molar-refractivity contribution >= 4 is 15.9 Å². The molecule has 0 amide bonds. The number of methoxy groups -OCH3 is 1. The summed E-state index contributed by atoms with van der Waals surface area (Å²) < 4.78 is 6.25. The van der Waals surface area contributed by atoms with Crippen molar-refractivity contribution in [3.05, 3.63) is 28.2 Å². The van der Waals surface area contributed by atoms with Crippen LogP contribution in [0.3, 0.4) is 0 Å². The smallest absolute Gasteiger partial charge is 0.133 e. The molecule has 1 saturated heterocycles. The van der Waals surface area contributed by atoms with Gasteiger partial charge in [0.15, 0.2) is 0 Å². The third-order valence-corrected chi connectivity index (χ3v) is 4.89. The second kappa shape index (κ2) is 7.58. The first-order valence-electron chi connectivity index (χ1n) is 7.46. The average molecular weight is 356 g/mol. The summed E-state index contributed by atoms with van der Waals surface area (Å²) in [5.74, 6) is 0.862. The molecule has 0 aliphatic carbocycles. The fourth-order valence-corrected chi connectivity index (χ4v) is 3.52. The number of halogens is 1. The van der Waals surface area contributed by atoms with E-state index in [-0.39, 0.29) is 6.04 Å². The van der Waals surface area contributed by atoms with Crippen molar-refractivity contribution < 1.29 is 4.74 Å². The van der Waals surface area contributed by atoms with E-state index in [4.69, 9.17) is 10.5 Å². The summed E-state index contributed by atoms with van der Waals surface area (Å²) in [7, 11) is 6.07. The predicted octanol–water partition coefficient (Wildman–Crippen LogP) is 1.96. The lowest BCUT2D eigenvalue weighted by molar-refractivity contribution is 0.104. The quantitative estimate of drug-likeness (QED) is 0.876. The van der Waals surface area contributed by atoms with Gasteiger partial charge < -0.3 is 20.3 Å². The van der Waals surface area contributed by atoms with Crippen LogP contribution in [0.5, 0.6) is 5.75 Å². The Hall–Kier alpha value is -0.620. The minimum atomic E-state index is 0.184. The van der Waals surface area contributed by atoms with Gasteiger partial charge in [-0.15, -0.1) is 0 Å². The van der Waals surface area contributed by atoms with E-state index < -0.39 is 0 Å². The molecule has 1 aliphatic rings. The molecular formula is C16H26BrN3O. The molecule has 2 rings (SSSR count). The van der Waals surface area contributed by atoms with Crippen LogP contribution >= 0.6 is 15.9 Å². The Morgan fingerprint density at radius 3 is 2.81 bits per heavy atom. The molecule has 0 saturated carbocycles. The van der Waals surface area contributed by atoms with Crippen LogP contribution in [0, 0.1) is 0 Å². The first kappa shape index (κ1) is 16.7. The molecule has 1 heterocycles. The number of benzene rings is 1.